The van der Waals surface area contributed by atoms with Crippen LogP contribution in [-0.4, -0.2) is 27.8 Å². The van der Waals surface area contributed by atoms with Crippen LogP contribution in [0.2, 0.25) is 0 Å². The van der Waals surface area contributed by atoms with Gasteiger partial charge in [0.2, 0.25) is 0 Å². The fourth-order valence-corrected chi connectivity index (χ4v) is 2.48. The lowest BCUT2D eigenvalue weighted by atomic mass is 10.1. The first-order valence-electron chi connectivity index (χ1n) is 7.47. The van der Waals surface area contributed by atoms with Crippen LogP contribution in [0.1, 0.15) is 38.2 Å². The van der Waals surface area contributed by atoms with Gasteiger partial charge in [0.25, 0.3) is 0 Å². The van der Waals surface area contributed by atoms with Crippen LogP contribution >= 0.6 is 15.9 Å². The standard InChI is InChI=1S/C17H25BrO4/c1-4-5-6-7-8-9-14-15(21-12-19-2)10-11-16(17(14)18)22-13-20-3/h8-11H,4-7,12-13H2,1-3H3. The Morgan fingerprint density at radius 3 is 2.27 bits per heavy atom. The van der Waals surface area contributed by atoms with Crippen LogP contribution in [0.25, 0.3) is 6.08 Å². The molecule has 0 saturated heterocycles. The maximum absolute atomic E-state index is 5.61. The lowest BCUT2D eigenvalue weighted by Gasteiger charge is -2.14. The number of ether oxygens (including phenoxy) is 4. The molecule has 0 heterocycles. The Balaban J connectivity index is 2.90. The van der Waals surface area contributed by atoms with Crippen molar-refractivity contribution in [3.05, 3.63) is 28.2 Å². The third-order valence-electron chi connectivity index (χ3n) is 3.03. The van der Waals surface area contributed by atoms with Gasteiger partial charge in [-0.05, 0) is 40.9 Å². The van der Waals surface area contributed by atoms with E-state index in [1.54, 1.807) is 14.2 Å². The lowest BCUT2D eigenvalue weighted by molar-refractivity contribution is 0.0478. The Morgan fingerprint density at radius 2 is 1.64 bits per heavy atom. The second-order valence-corrected chi connectivity index (χ2v) is 5.58. The SMILES string of the molecule is CCCCCC=Cc1c(OCOC)ccc(OCOC)c1Br. The van der Waals surface area contributed by atoms with Crippen LogP contribution in [0.4, 0.5) is 0 Å². The maximum atomic E-state index is 5.61. The van der Waals surface area contributed by atoms with E-state index in [4.69, 9.17) is 18.9 Å². The lowest BCUT2D eigenvalue weighted by Crippen LogP contribution is -2.03. The predicted octanol–water partition coefficient (Wildman–Crippen LogP) is 5.01. The third-order valence-corrected chi connectivity index (χ3v) is 3.85. The molecule has 124 valence electrons. The summed E-state index contributed by atoms with van der Waals surface area (Å²) in [6, 6.07) is 3.73. The molecule has 1 rings (SSSR count). The molecule has 0 aliphatic rings. The van der Waals surface area contributed by atoms with Gasteiger partial charge in [-0.15, -0.1) is 0 Å². The number of unbranched alkanes of at least 4 members (excludes halogenated alkanes) is 3. The Bertz CT molecular complexity index is 460. The van der Waals surface area contributed by atoms with E-state index in [2.05, 4.69) is 35.0 Å². The van der Waals surface area contributed by atoms with Crippen molar-refractivity contribution in [2.45, 2.75) is 32.6 Å². The average Bonchev–Trinajstić information content (AvgIpc) is 2.53. The first kappa shape index (κ1) is 19.0. The predicted molar refractivity (Wildman–Crippen MR) is 92.3 cm³/mol. The van der Waals surface area contributed by atoms with Crippen molar-refractivity contribution in [3.63, 3.8) is 0 Å². The molecule has 1 aromatic rings. The third kappa shape index (κ3) is 6.38. The van der Waals surface area contributed by atoms with E-state index >= 15 is 0 Å². The van der Waals surface area contributed by atoms with Gasteiger partial charge in [-0.3, -0.25) is 0 Å². The van der Waals surface area contributed by atoms with Gasteiger partial charge in [0.15, 0.2) is 13.6 Å². The molecule has 4 nitrogen and oxygen atoms in total. The summed E-state index contributed by atoms with van der Waals surface area (Å²) in [5.74, 6) is 1.48. The molecule has 0 bridgehead atoms. The maximum Gasteiger partial charge on any atom is 0.188 e. The molecule has 1 aromatic carbocycles. The van der Waals surface area contributed by atoms with Gasteiger partial charge >= 0.3 is 0 Å². The summed E-state index contributed by atoms with van der Waals surface area (Å²) >= 11 is 3.58. The van der Waals surface area contributed by atoms with E-state index < -0.39 is 0 Å². The number of hydrogen-bond donors (Lipinski definition) is 0. The van der Waals surface area contributed by atoms with Crippen molar-refractivity contribution in [1.82, 2.24) is 0 Å². The fourth-order valence-electron chi connectivity index (χ4n) is 1.91. The molecule has 0 amide bonds. The van der Waals surface area contributed by atoms with Crippen LogP contribution in [0.5, 0.6) is 11.5 Å². The van der Waals surface area contributed by atoms with Crippen molar-refractivity contribution < 1.29 is 18.9 Å². The fraction of sp³-hybridized carbons (Fsp3) is 0.529. The van der Waals surface area contributed by atoms with E-state index in [-0.39, 0.29) is 13.6 Å². The van der Waals surface area contributed by atoms with Crippen molar-refractivity contribution in [2.75, 3.05) is 27.8 Å². The van der Waals surface area contributed by atoms with Gasteiger partial charge in [0, 0.05) is 19.8 Å². The van der Waals surface area contributed by atoms with E-state index in [0.29, 0.717) is 0 Å². The normalized spacial score (nSPS) is 11.1. The molecule has 0 N–H and O–H groups in total. The monoisotopic (exact) mass is 372 g/mol. The Kier molecular flexibility index (Phi) is 9.95. The number of rotatable bonds is 11. The number of hydrogen-bond acceptors (Lipinski definition) is 4. The average molecular weight is 373 g/mol. The quantitative estimate of drug-likeness (QED) is 0.404. The Morgan fingerprint density at radius 1 is 1.00 bits per heavy atom. The highest BCUT2D eigenvalue weighted by Crippen LogP contribution is 2.36. The molecule has 0 unspecified atom stereocenters. The molecular weight excluding hydrogens is 348 g/mol. The summed E-state index contributed by atoms with van der Waals surface area (Å²) in [4.78, 5) is 0. The molecule has 0 aliphatic heterocycles. The second kappa shape index (κ2) is 11.5. The van der Waals surface area contributed by atoms with Crippen molar-refractivity contribution in [2.24, 2.45) is 0 Å². The number of methoxy groups -OCH3 is 2. The highest BCUT2D eigenvalue weighted by molar-refractivity contribution is 9.10. The van der Waals surface area contributed by atoms with Crippen LogP contribution < -0.4 is 9.47 Å². The second-order valence-electron chi connectivity index (χ2n) is 4.79. The van der Waals surface area contributed by atoms with Gasteiger partial charge in [0.1, 0.15) is 11.5 Å². The minimum absolute atomic E-state index is 0.205. The molecule has 22 heavy (non-hydrogen) atoms. The summed E-state index contributed by atoms with van der Waals surface area (Å²) in [6.45, 7) is 2.62. The molecule has 0 fully saturated rings. The molecule has 5 heteroatoms. The Hall–Kier alpha value is -1.04. The molecule has 0 radical (unpaired) electrons. The van der Waals surface area contributed by atoms with Gasteiger partial charge in [-0.2, -0.15) is 0 Å². The van der Waals surface area contributed by atoms with Gasteiger partial charge < -0.3 is 18.9 Å². The van der Waals surface area contributed by atoms with E-state index in [9.17, 15) is 0 Å². The van der Waals surface area contributed by atoms with E-state index in [1.807, 2.05) is 12.1 Å². The van der Waals surface area contributed by atoms with Gasteiger partial charge in [-0.1, -0.05) is 31.9 Å². The number of halogens is 1. The minimum Gasteiger partial charge on any atom is -0.467 e. The van der Waals surface area contributed by atoms with Crippen LogP contribution in [0, 0.1) is 0 Å². The minimum atomic E-state index is 0.205. The van der Waals surface area contributed by atoms with Gasteiger partial charge in [0.05, 0.1) is 4.47 Å². The van der Waals surface area contributed by atoms with E-state index in [0.717, 1.165) is 28.0 Å². The topological polar surface area (TPSA) is 36.9 Å². The molecule has 0 aliphatic carbocycles. The zero-order valence-corrected chi connectivity index (χ0v) is 15.1. The summed E-state index contributed by atoms with van der Waals surface area (Å²) in [5.41, 5.74) is 0.946. The summed E-state index contributed by atoms with van der Waals surface area (Å²) in [6.07, 6.45) is 8.93. The van der Waals surface area contributed by atoms with E-state index in [1.165, 1.54) is 19.3 Å². The van der Waals surface area contributed by atoms with Crippen LogP contribution in [-0.2, 0) is 9.47 Å². The van der Waals surface area contributed by atoms with Crippen molar-refractivity contribution in [1.29, 1.82) is 0 Å². The zero-order chi connectivity index (χ0) is 16.2. The molecular formula is C17H25BrO4. The molecule has 0 saturated carbocycles. The first-order valence-corrected chi connectivity index (χ1v) is 8.26. The molecule has 0 atom stereocenters. The zero-order valence-electron chi connectivity index (χ0n) is 13.6. The van der Waals surface area contributed by atoms with Crippen LogP contribution in [0.15, 0.2) is 22.7 Å². The highest BCUT2D eigenvalue weighted by Gasteiger charge is 2.11. The summed E-state index contributed by atoms with van der Waals surface area (Å²) in [7, 11) is 3.20. The van der Waals surface area contributed by atoms with Crippen molar-refractivity contribution in [3.8, 4) is 11.5 Å². The number of benzene rings is 1. The largest absolute Gasteiger partial charge is 0.467 e. The summed E-state index contributed by atoms with van der Waals surface area (Å²) in [5, 5.41) is 0. The highest BCUT2D eigenvalue weighted by atomic mass is 79.9. The van der Waals surface area contributed by atoms with Crippen LogP contribution in [0.3, 0.4) is 0 Å². The smallest absolute Gasteiger partial charge is 0.188 e. The Labute approximate surface area is 141 Å². The number of allylic oxidation sites excluding steroid dienone is 1. The molecule has 0 aromatic heterocycles. The molecule has 0 spiro atoms. The van der Waals surface area contributed by atoms with Gasteiger partial charge in [-0.25, -0.2) is 0 Å². The first-order chi connectivity index (χ1) is 10.7. The van der Waals surface area contributed by atoms with Crippen molar-refractivity contribution >= 4 is 22.0 Å². The summed E-state index contributed by atoms with van der Waals surface area (Å²) < 4.78 is 21.9.